The second-order valence-corrected chi connectivity index (χ2v) is 10.0. The molecule has 1 fully saturated rings. The number of fused-ring (bicyclic) bond motifs is 1. The molecule has 0 spiro atoms. The van der Waals surface area contributed by atoms with E-state index in [-0.39, 0.29) is 17.9 Å². The Balaban J connectivity index is 1.20. The smallest absolute Gasteiger partial charge is 0.241 e. The van der Waals surface area contributed by atoms with Crippen molar-refractivity contribution in [3.05, 3.63) is 64.0 Å². The van der Waals surface area contributed by atoms with Gasteiger partial charge in [0.1, 0.15) is 5.75 Å². The Kier molecular flexibility index (Phi) is 6.97. The Morgan fingerprint density at radius 3 is 3.00 bits per heavy atom. The number of likely N-dealkylation sites (tertiary alicyclic amines) is 1. The fourth-order valence-corrected chi connectivity index (χ4v) is 5.42. The third kappa shape index (κ3) is 5.18. The topological polar surface area (TPSA) is 80.5 Å². The monoisotopic (exact) mass is 524 g/mol. The zero-order valence-corrected chi connectivity index (χ0v) is 20.9. The van der Waals surface area contributed by atoms with E-state index in [4.69, 9.17) is 9.26 Å². The molecule has 2 atom stereocenters. The van der Waals surface area contributed by atoms with E-state index in [1.807, 2.05) is 30.3 Å². The number of aryl methyl sites for hydroxylation is 1. The first kappa shape index (κ1) is 23.1. The zero-order valence-electron chi connectivity index (χ0n) is 19.3. The summed E-state index contributed by atoms with van der Waals surface area (Å²) in [5, 5.41) is 7.47. The molecule has 1 aromatic heterocycles. The minimum atomic E-state index is -0.0372. The van der Waals surface area contributed by atoms with E-state index < -0.39 is 0 Å². The van der Waals surface area contributed by atoms with Gasteiger partial charge in [-0.1, -0.05) is 39.3 Å². The van der Waals surface area contributed by atoms with Gasteiger partial charge in [-0.2, -0.15) is 4.98 Å². The maximum Gasteiger partial charge on any atom is 0.241 e. The number of hydrogen-bond acceptors (Lipinski definition) is 6. The van der Waals surface area contributed by atoms with Crippen molar-refractivity contribution in [1.82, 2.24) is 20.4 Å². The Morgan fingerprint density at radius 2 is 2.15 bits per heavy atom. The number of ether oxygens (including phenoxy) is 1. The summed E-state index contributed by atoms with van der Waals surface area (Å²) in [6.07, 6.45) is 4.95. The van der Waals surface area contributed by atoms with Crippen molar-refractivity contribution in [3.8, 4) is 17.1 Å². The van der Waals surface area contributed by atoms with Gasteiger partial charge in [-0.3, -0.25) is 9.69 Å². The third-order valence-electron chi connectivity index (χ3n) is 6.77. The highest BCUT2D eigenvalue weighted by atomic mass is 79.9. The molecule has 1 N–H and O–H groups in total. The molecule has 5 rings (SSSR count). The molecule has 1 aliphatic heterocycles. The van der Waals surface area contributed by atoms with Gasteiger partial charge in [-0.15, -0.1) is 0 Å². The number of piperidine rings is 1. The van der Waals surface area contributed by atoms with E-state index >= 15 is 0 Å². The van der Waals surface area contributed by atoms with E-state index in [1.165, 1.54) is 11.1 Å². The highest BCUT2D eigenvalue weighted by Gasteiger charge is 2.30. The summed E-state index contributed by atoms with van der Waals surface area (Å²) in [5.41, 5.74) is 3.41. The van der Waals surface area contributed by atoms with Crippen molar-refractivity contribution < 1.29 is 14.1 Å². The van der Waals surface area contributed by atoms with Gasteiger partial charge in [0.25, 0.3) is 0 Å². The molecule has 34 heavy (non-hydrogen) atoms. The molecule has 1 amide bonds. The van der Waals surface area contributed by atoms with Gasteiger partial charge in [0, 0.05) is 16.6 Å². The second-order valence-electron chi connectivity index (χ2n) is 9.11. The van der Waals surface area contributed by atoms with E-state index in [2.05, 4.69) is 48.4 Å². The predicted molar refractivity (Wildman–Crippen MR) is 132 cm³/mol. The number of amides is 1. The molecule has 8 heteroatoms. The average molecular weight is 525 g/mol. The molecular weight excluding hydrogens is 496 g/mol. The first-order valence-corrected chi connectivity index (χ1v) is 12.7. The molecule has 0 saturated carbocycles. The number of methoxy groups -OCH3 is 1. The number of halogens is 1. The van der Waals surface area contributed by atoms with E-state index in [9.17, 15) is 4.79 Å². The van der Waals surface area contributed by atoms with Crippen LogP contribution in [0.5, 0.6) is 5.75 Å². The van der Waals surface area contributed by atoms with Crippen molar-refractivity contribution in [2.24, 2.45) is 5.92 Å². The van der Waals surface area contributed by atoms with Crippen molar-refractivity contribution in [2.45, 2.75) is 44.7 Å². The van der Waals surface area contributed by atoms with Gasteiger partial charge in [0.15, 0.2) is 0 Å². The van der Waals surface area contributed by atoms with Crippen molar-refractivity contribution in [2.75, 3.05) is 20.2 Å². The number of carbonyl (C=O) groups is 1. The Labute approximate surface area is 208 Å². The van der Waals surface area contributed by atoms with Crippen LogP contribution in [0.3, 0.4) is 0 Å². The van der Waals surface area contributed by atoms with Gasteiger partial charge in [-0.25, -0.2) is 0 Å². The molecule has 2 heterocycles. The quantitative estimate of drug-likeness (QED) is 0.493. The van der Waals surface area contributed by atoms with E-state index in [0.29, 0.717) is 24.8 Å². The Hall–Kier alpha value is -2.71. The molecule has 2 aliphatic rings. The van der Waals surface area contributed by atoms with Gasteiger partial charge in [0.2, 0.25) is 17.6 Å². The standard InChI is InChI=1S/C26H29BrN4O3/c1-33-21-10-11-22-17(14-21)5-3-9-23(22)28-26(32)19-7-4-12-31(15-19)16-24-29-25(30-34-24)18-6-2-8-20(27)13-18/h2,6,8,10-11,13-14,19,23H,3-5,7,9,12,15-16H2,1H3,(H,28,32). The predicted octanol–water partition coefficient (Wildman–Crippen LogP) is 4.91. The van der Waals surface area contributed by atoms with Crippen LogP contribution in [0.1, 0.15) is 48.7 Å². The summed E-state index contributed by atoms with van der Waals surface area (Å²) in [7, 11) is 1.69. The number of rotatable bonds is 6. The lowest BCUT2D eigenvalue weighted by Gasteiger charge is -2.33. The number of carbonyl (C=O) groups excluding carboxylic acids is 1. The van der Waals surface area contributed by atoms with Gasteiger partial charge >= 0.3 is 0 Å². The molecule has 3 aromatic rings. The first-order valence-electron chi connectivity index (χ1n) is 11.9. The van der Waals surface area contributed by atoms with Gasteiger partial charge < -0.3 is 14.6 Å². The molecule has 7 nitrogen and oxygen atoms in total. The third-order valence-corrected chi connectivity index (χ3v) is 7.26. The fraction of sp³-hybridized carbons (Fsp3) is 0.423. The molecular formula is C26H29BrN4O3. The highest BCUT2D eigenvalue weighted by molar-refractivity contribution is 9.10. The van der Waals surface area contributed by atoms with Gasteiger partial charge in [0.05, 0.1) is 25.6 Å². The second kappa shape index (κ2) is 10.3. The lowest BCUT2D eigenvalue weighted by molar-refractivity contribution is -0.127. The minimum absolute atomic E-state index is 0.0372. The molecule has 178 valence electrons. The van der Waals surface area contributed by atoms with Gasteiger partial charge in [-0.05, 0) is 74.0 Å². The summed E-state index contributed by atoms with van der Waals surface area (Å²) in [6, 6.07) is 14.1. The summed E-state index contributed by atoms with van der Waals surface area (Å²) in [6.45, 7) is 2.17. The van der Waals surface area contributed by atoms with Crippen molar-refractivity contribution >= 4 is 21.8 Å². The SMILES string of the molecule is COc1ccc2c(c1)CCCC2NC(=O)C1CCCN(Cc2nc(-c3cccc(Br)c3)no2)C1. The Morgan fingerprint density at radius 1 is 1.24 bits per heavy atom. The van der Waals surface area contributed by atoms with Crippen LogP contribution < -0.4 is 10.1 Å². The molecule has 2 aromatic carbocycles. The number of hydrogen-bond donors (Lipinski definition) is 1. The maximum absolute atomic E-state index is 13.2. The normalized spacial score (nSPS) is 20.5. The van der Waals surface area contributed by atoms with Crippen LogP contribution in [-0.2, 0) is 17.8 Å². The largest absolute Gasteiger partial charge is 0.497 e. The molecule has 1 aliphatic carbocycles. The molecule has 0 radical (unpaired) electrons. The molecule has 1 saturated heterocycles. The van der Waals surface area contributed by atoms with Crippen LogP contribution >= 0.6 is 15.9 Å². The highest BCUT2D eigenvalue weighted by Crippen LogP contribution is 2.33. The van der Waals surface area contributed by atoms with Crippen LogP contribution in [0, 0.1) is 5.92 Å². The van der Waals surface area contributed by atoms with Crippen LogP contribution in [-0.4, -0.2) is 41.1 Å². The lowest BCUT2D eigenvalue weighted by atomic mass is 9.86. The zero-order chi connectivity index (χ0) is 23.5. The summed E-state index contributed by atoms with van der Waals surface area (Å²) in [5.74, 6) is 2.13. The summed E-state index contributed by atoms with van der Waals surface area (Å²) >= 11 is 3.48. The van der Waals surface area contributed by atoms with Crippen LogP contribution in [0.4, 0.5) is 0 Å². The molecule has 0 bridgehead atoms. The molecule has 2 unspecified atom stereocenters. The number of nitrogens with one attached hydrogen (secondary N) is 1. The first-order chi connectivity index (χ1) is 16.6. The minimum Gasteiger partial charge on any atom is -0.497 e. The van der Waals surface area contributed by atoms with Crippen LogP contribution in [0.25, 0.3) is 11.4 Å². The Bertz CT molecular complexity index is 1160. The van der Waals surface area contributed by atoms with Crippen molar-refractivity contribution in [1.29, 1.82) is 0 Å². The van der Waals surface area contributed by atoms with Crippen molar-refractivity contribution in [3.63, 3.8) is 0 Å². The van der Waals surface area contributed by atoms with Crippen LogP contribution in [0.2, 0.25) is 0 Å². The van der Waals surface area contributed by atoms with E-state index in [0.717, 1.165) is 54.4 Å². The summed E-state index contributed by atoms with van der Waals surface area (Å²) < 4.78 is 11.9. The maximum atomic E-state index is 13.2. The summed E-state index contributed by atoms with van der Waals surface area (Å²) in [4.78, 5) is 20.0. The van der Waals surface area contributed by atoms with Crippen LogP contribution in [0.15, 0.2) is 51.5 Å². The average Bonchev–Trinajstić information content (AvgIpc) is 3.32. The number of nitrogens with zero attached hydrogens (tertiary/aromatic N) is 3. The number of aromatic nitrogens is 2. The lowest BCUT2D eigenvalue weighted by Crippen LogP contribution is -2.44. The fourth-order valence-electron chi connectivity index (χ4n) is 5.03. The number of benzene rings is 2. The van der Waals surface area contributed by atoms with E-state index in [1.54, 1.807) is 7.11 Å².